The summed E-state index contributed by atoms with van der Waals surface area (Å²) in [6.07, 6.45) is 0.556. The monoisotopic (exact) mass is 215 g/mol. The zero-order chi connectivity index (χ0) is 10.7. The second-order valence-electron chi connectivity index (χ2n) is 3.85. The topological polar surface area (TPSA) is 26.0 Å². The largest absolute Gasteiger partial charge is 0.327 e. The van der Waals surface area contributed by atoms with Gasteiger partial charge in [-0.15, -0.1) is 0 Å². The lowest BCUT2D eigenvalue weighted by Crippen LogP contribution is -2.29. The fourth-order valence-corrected chi connectivity index (χ4v) is 1.34. The highest BCUT2D eigenvalue weighted by Gasteiger charge is 2.11. The van der Waals surface area contributed by atoms with E-state index in [9.17, 15) is 4.39 Å². The maximum absolute atomic E-state index is 13.3. The van der Waals surface area contributed by atoms with Gasteiger partial charge in [-0.25, -0.2) is 4.39 Å². The van der Waals surface area contributed by atoms with E-state index in [0.29, 0.717) is 22.9 Å². The highest BCUT2D eigenvalue weighted by molar-refractivity contribution is 6.30. The van der Waals surface area contributed by atoms with Crippen molar-refractivity contribution in [3.05, 3.63) is 34.6 Å². The average molecular weight is 216 g/mol. The predicted molar refractivity (Wildman–Crippen MR) is 57.9 cm³/mol. The minimum atomic E-state index is -0.270. The molecule has 1 atom stereocenters. The molecular weight excluding hydrogens is 201 g/mol. The minimum Gasteiger partial charge on any atom is -0.327 e. The summed E-state index contributed by atoms with van der Waals surface area (Å²) in [5, 5.41) is 0.421. The van der Waals surface area contributed by atoms with Crippen LogP contribution in [0.4, 0.5) is 4.39 Å². The van der Waals surface area contributed by atoms with E-state index in [0.717, 1.165) is 0 Å². The van der Waals surface area contributed by atoms with Crippen LogP contribution >= 0.6 is 11.6 Å². The van der Waals surface area contributed by atoms with E-state index in [1.165, 1.54) is 6.07 Å². The molecule has 1 aromatic carbocycles. The molecule has 0 saturated heterocycles. The average Bonchev–Trinajstić information content (AvgIpc) is 2.09. The maximum atomic E-state index is 13.3. The molecule has 3 heteroatoms. The van der Waals surface area contributed by atoms with Gasteiger partial charge in [-0.05, 0) is 30.0 Å². The molecule has 0 radical (unpaired) electrons. The first-order chi connectivity index (χ1) is 6.50. The first kappa shape index (κ1) is 11.5. The van der Waals surface area contributed by atoms with Gasteiger partial charge in [0, 0.05) is 11.1 Å². The van der Waals surface area contributed by atoms with E-state index in [4.69, 9.17) is 17.3 Å². The molecule has 2 N–H and O–H groups in total. The maximum Gasteiger partial charge on any atom is 0.127 e. The molecule has 0 saturated carbocycles. The second kappa shape index (κ2) is 4.76. The Morgan fingerprint density at radius 3 is 2.57 bits per heavy atom. The molecule has 1 rings (SSSR count). The highest BCUT2D eigenvalue weighted by atomic mass is 35.5. The Bertz CT molecular complexity index is 312. The molecule has 1 unspecified atom stereocenters. The zero-order valence-electron chi connectivity index (χ0n) is 8.43. The van der Waals surface area contributed by atoms with Gasteiger partial charge < -0.3 is 5.73 Å². The van der Waals surface area contributed by atoms with E-state index < -0.39 is 0 Å². The van der Waals surface area contributed by atoms with Crippen LogP contribution in [0.2, 0.25) is 5.02 Å². The van der Waals surface area contributed by atoms with Gasteiger partial charge in [0.2, 0.25) is 0 Å². The van der Waals surface area contributed by atoms with Gasteiger partial charge in [0.1, 0.15) is 5.82 Å². The van der Waals surface area contributed by atoms with Crippen molar-refractivity contribution in [2.75, 3.05) is 0 Å². The third-order valence-electron chi connectivity index (χ3n) is 2.33. The first-order valence-electron chi connectivity index (χ1n) is 4.70. The van der Waals surface area contributed by atoms with Crippen LogP contribution in [-0.4, -0.2) is 6.04 Å². The molecular formula is C11H15ClFN. The van der Waals surface area contributed by atoms with Crippen LogP contribution in [0.5, 0.6) is 0 Å². The number of benzene rings is 1. The summed E-state index contributed by atoms with van der Waals surface area (Å²) in [7, 11) is 0. The van der Waals surface area contributed by atoms with Crippen molar-refractivity contribution >= 4 is 11.6 Å². The van der Waals surface area contributed by atoms with Gasteiger partial charge >= 0.3 is 0 Å². The molecule has 1 aromatic rings. The van der Waals surface area contributed by atoms with Crippen LogP contribution in [0.3, 0.4) is 0 Å². The Balaban J connectivity index is 2.77. The predicted octanol–water partition coefficient (Wildman–Crippen LogP) is 3.00. The van der Waals surface area contributed by atoms with Gasteiger partial charge in [0.05, 0.1) is 0 Å². The summed E-state index contributed by atoms with van der Waals surface area (Å²) in [6.45, 7) is 4.05. The van der Waals surface area contributed by atoms with E-state index in [1.807, 2.05) is 13.8 Å². The summed E-state index contributed by atoms with van der Waals surface area (Å²) >= 11 is 5.64. The van der Waals surface area contributed by atoms with Crippen LogP contribution in [-0.2, 0) is 6.42 Å². The Labute approximate surface area is 89.1 Å². The second-order valence-corrected chi connectivity index (χ2v) is 4.28. The Morgan fingerprint density at radius 1 is 1.43 bits per heavy atom. The molecule has 0 aromatic heterocycles. The molecule has 0 amide bonds. The Kier molecular flexibility index (Phi) is 3.90. The van der Waals surface area contributed by atoms with Crippen molar-refractivity contribution in [2.24, 2.45) is 11.7 Å². The van der Waals surface area contributed by atoms with E-state index in [1.54, 1.807) is 12.1 Å². The molecule has 0 spiro atoms. The van der Waals surface area contributed by atoms with Crippen LogP contribution in [0, 0.1) is 11.7 Å². The van der Waals surface area contributed by atoms with Crippen LogP contribution in [0.1, 0.15) is 19.4 Å². The third kappa shape index (κ3) is 2.96. The van der Waals surface area contributed by atoms with E-state index in [2.05, 4.69) is 0 Å². The number of halogens is 2. The van der Waals surface area contributed by atoms with Gasteiger partial charge in [-0.1, -0.05) is 31.5 Å². The number of hydrogen-bond acceptors (Lipinski definition) is 1. The molecule has 0 aliphatic carbocycles. The van der Waals surface area contributed by atoms with Crippen LogP contribution < -0.4 is 5.73 Å². The lowest BCUT2D eigenvalue weighted by molar-refractivity contribution is 0.480. The van der Waals surface area contributed by atoms with Crippen molar-refractivity contribution in [2.45, 2.75) is 26.3 Å². The normalized spacial score (nSPS) is 13.3. The highest BCUT2D eigenvalue weighted by Crippen LogP contribution is 2.17. The smallest absolute Gasteiger partial charge is 0.127 e. The lowest BCUT2D eigenvalue weighted by Gasteiger charge is -2.15. The quantitative estimate of drug-likeness (QED) is 0.824. The van der Waals surface area contributed by atoms with Gasteiger partial charge in [-0.2, -0.15) is 0 Å². The van der Waals surface area contributed by atoms with Crippen molar-refractivity contribution in [1.29, 1.82) is 0 Å². The Hall–Kier alpha value is -0.600. The van der Waals surface area contributed by atoms with E-state index in [-0.39, 0.29) is 11.9 Å². The molecule has 0 bridgehead atoms. The Morgan fingerprint density at radius 2 is 2.07 bits per heavy atom. The van der Waals surface area contributed by atoms with E-state index >= 15 is 0 Å². The molecule has 1 nitrogen and oxygen atoms in total. The van der Waals surface area contributed by atoms with Crippen molar-refractivity contribution in [3.63, 3.8) is 0 Å². The van der Waals surface area contributed by atoms with Crippen molar-refractivity contribution in [1.82, 2.24) is 0 Å². The number of rotatable bonds is 3. The molecule has 14 heavy (non-hydrogen) atoms. The summed E-state index contributed by atoms with van der Waals surface area (Å²) < 4.78 is 13.3. The van der Waals surface area contributed by atoms with Crippen molar-refractivity contribution in [3.8, 4) is 0 Å². The summed E-state index contributed by atoms with van der Waals surface area (Å²) in [5.74, 6) is 0.0821. The molecule has 0 fully saturated rings. The van der Waals surface area contributed by atoms with Crippen molar-refractivity contribution < 1.29 is 4.39 Å². The van der Waals surface area contributed by atoms with Gasteiger partial charge in [0.25, 0.3) is 0 Å². The number of hydrogen-bond donors (Lipinski definition) is 1. The summed E-state index contributed by atoms with van der Waals surface area (Å²) in [5.41, 5.74) is 6.49. The van der Waals surface area contributed by atoms with Gasteiger partial charge in [0.15, 0.2) is 0 Å². The number of nitrogens with two attached hydrogens (primary N) is 1. The fourth-order valence-electron chi connectivity index (χ4n) is 1.18. The molecule has 0 aliphatic heterocycles. The molecule has 0 heterocycles. The van der Waals surface area contributed by atoms with Crippen LogP contribution in [0.15, 0.2) is 18.2 Å². The van der Waals surface area contributed by atoms with Crippen LogP contribution in [0.25, 0.3) is 0 Å². The molecule has 0 aliphatic rings. The lowest BCUT2D eigenvalue weighted by atomic mass is 9.97. The standard InChI is InChI=1S/C11H15ClFN/c1-7(2)11(14)5-8-3-4-9(12)6-10(8)13/h3-4,6-7,11H,5,14H2,1-2H3. The third-order valence-corrected chi connectivity index (χ3v) is 2.56. The molecule has 78 valence electrons. The van der Waals surface area contributed by atoms with Gasteiger partial charge in [-0.3, -0.25) is 0 Å². The zero-order valence-corrected chi connectivity index (χ0v) is 9.18. The first-order valence-corrected chi connectivity index (χ1v) is 5.08. The summed E-state index contributed by atoms with van der Waals surface area (Å²) in [4.78, 5) is 0. The SMILES string of the molecule is CC(C)C(N)Cc1ccc(Cl)cc1F. The fraction of sp³-hybridized carbons (Fsp3) is 0.455. The minimum absolute atomic E-state index is 0.00863. The summed E-state index contributed by atoms with van der Waals surface area (Å²) in [6, 6.07) is 4.70.